The van der Waals surface area contributed by atoms with E-state index in [1.807, 2.05) is 37.3 Å². The van der Waals surface area contributed by atoms with Crippen molar-refractivity contribution < 1.29 is 9.90 Å². The third-order valence-corrected chi connectivity index (χ3v) is 3.53. The molecule has 0 unspecified atom stereocenters. The number of amides is 1. The zero-order valence-corrected chi connectivity index (χ0v) is 13.2. The molecule has 2 N–H and O–H groups in total. The lowest BCUT2D eigenvalue weighted by Gasteiger charge is -2.07. The molecule has 1 amide bonds. The number of phenols is 1. The van der Waals surface area contributed by atoms with Crippen LogP contribution in [-0.4, -0.2) is 11.0 Å². The van der Waals surface area contributed by atoms with Gasteiger partial charge >= 0.3 is 0 Å². The average molecular weight is 346 g/mol. The fourth-order valence-electron chi connectivity index (χ4n) is 1.90. The molecule has 2 aromatic carbocycles. The van der Waals surface area contributed by atoms with Gasteiger partial charge in [0.2, 0.25) is 0 Å². The van der Waals surface area contributed by atoms with E-state index in [-0.39, 0.29) is 11.7 Å². The zero-order valence-electron chi connectivity index (χ0n) is 11.6. The number of nitrogens with one attached hydrogen (secondary N) is 1. The molecule has 0 aliphatic rings. The van der Waals surface area contributed by atoms with E-state index in [0.717, 1.165) is 10.0 Å². The lowest BCUT2D eigenvalue weighted by Crippen LogP contribution is -2.22. The van der Waals surface area contributed by atoms with E-state index in [2.05, 4.69) is 21.2 Å². The topological polar surface area (TPSA) is 49.3 Å². The highest BCUT2D eigenvalue weighted by molar-refractivity contribution is 9.10. The van der Waals surface area contributed by atoms with E-state index in [0.29, 0.717) is 17.7 Å². The van der Waals surface area contributed by atoms with Crippen molar-refractivity contribution in [3.63, 3.8) is 0 Å². The van der Waals surface area contributed by atoms with E-state index in [1.54, 1.807) is 18.2 Å². The Morgan fingerprint density at radius 1 is 1.24 bits per heavy atom. The molecule has 0 aliphatic heterocycles. The largest absolute Gasteiger partial charge is 0.507 e. The molecule has 0 aliphatic carbocycles. The standard InChI is InChI=1S/C17H16BrNO2/c1-2-3-13-10-14(6-9-16(13)20)17(21)19-11-12-4-7-15(18)8-5-12/h2-10,20H,11H2,1H3,(H,19,21). The normalized spacial score (nSPS) is 10.8. The Hall–Kier alpha value is -2.07. The van der Waals surface area contributed by atoms with Crippen molar-refractivity contribution in [2.24, 2.45) is 0 Å². The first kappa shape index (κ1) is 15.3. The lowest BCUT2D eigenvalue weighted by atomic mass is 10.1. The number of aromatic hydroxyl groups is 1. The quantitative estimate of drug-likeness (QED) is 0.875. The fraction of sp³-hybridized carbons (Fsp3) is 0.118. The van der Waals surface area contributed by atoms with Crippen molar-refractivity contribution in [3.8, 4) is 5.75 Å². The van der Waals surface area contributed by atoms with Crippen LogP contribution in [0.15, 0.2) is 53.0 Å². The monoisotopic (exact) mass is 345 g/mol. The zero-order chi connectivity index (χ0) is 15.2. The van der Waals surface area contributed by atoms with Crippen LogP contribution in [-0.2, 0) is 6.54 Å². The number of carbonyl (C=O) groups is 1. The van der Waals surface area contributed by atoms with Gasteiger partial charge in [-0.1, -0.05) is 40.2 Å². The highest BCUT2D eigenvalue weighted by atomic mass is 79.9. The summed E-state index contributed by atoms with van der Waals surface area (Å²) in [5.74, 6) is 0.00114. The van der Waals surface area contributed by atoms with Gasteiger partial charge in [-0.2, -0.15) is 0 Å². The summed E-state index contributed by atoms with van der Waals surface area (Å²) in [5.41, 5.74) is 2.19. The van der Waals surface area contributed by atoms with Gasteiger partial charge in [-0.15, -0.1) is 0 Å². The molecule has 0 heterocycles. The molecular weight excluding hydrogens is 330 g/mol. The van der Waals surface area contributed by atoms with Crippen LogP contribution in [0.2, 0.25) is 0 Å². The van der Waals surface area contributed by atoms with Gasteiger partial charge in [0, 0.05) is 22.1 Å². The minimum atomic E-state index is -0.163. The Bertz CT molecular complexity index is 663. The molecule has 0 fully saturated rings. The second kappa shape index (κ2) is 7.09. The van der Waals surface area contributed by atoms with Crippen molar-refractivity contribution in [2.45, 2.75) is 13.5 Å². The summed E-state index contributed by atoms with van der Waals surface area (Å²) < 4.78 is 1.01. The first-order valence-corrected chi connectivity index (χ1v) is 7.38. The fourth-order valence-corrected chi connectivity index (χ4v) is 2.16. The van der Waals surface area contributed by atoms with Gasteiger partial charge < -0.3 is 10.4 Å². The summed E-state index contributed by atoms with van der Waals surface area (Å²) in [6.07, 6.45) is 3.58. The van der Waals surface area contributed by atoms with Crippen LogP contribution in [0.25, 0.3) is 6.08 Å². The molecule has 0 spiro atoms. The lowest BCUT2D eigenvalue weighted by molar-refractivity contribution is 0.0951. The van der Waals surface area contributed by atoms with Gasteiger partial charge in [0.15, 0.2) is 0 Å². The van der Waals surface area contributed by atoms with Gasteiger partial charge in [0.05, 0.1) is 0 Å². The van der Waals surface area contributed by atoms with Crippen molar-refractivity contribution in [1.29, 1.82) is 0 Å². The van der Waals surface area contributed by atoms with Crippen molar-refractivity contribution in [1.82, 2.24) is 5.32 Å². The SMILES string of the molecule is CC=Cc1cc(C(=O)NCc2ccc(Br)cc2)ccc1O. The molecule has 108 valence electrons. The first-order valence-electron chi connectivity index (χ1n) is 6.58. The number of carbonyl (C=O) groups excluding carboxylic acids is 1. The van der Waals surface area contributed by atoms with E-state index in [9.17, 15) is 9.90 Å². The molecule has 0 bridgehead atoms. The van der Waals surface area contributed by atoms with Crippen molar-refractivity contribution in [2.75, 3.05) is 0 Å². The van der Waals surface area contributed by atoms with Crippen molar-refractivity contribution in [3.05, 3.63) is 69.7 Å². The Balaban J connectivity index is 2.06. The third-order valence-electron chi connectivity index (χ3n) is 3.00. The predicted octanol–water partition coefficient (Wildman–Crippen LogP) is 4.12. The minimum Gasteiger partial charge on any atom is -0.507 e. The summed E-state index contributed by atoms with van der Waals surface area (Å²) in [4.78, 5) is 12.1. The van der Waals surface area contributed by atoms with Crippen LogP contribution in [0.4, 0.5) is 0 Å². The average Bonchev–Trinajstić information content (AvgIpc) is 2.49. The van der Waals surface area contributed by atoms with Gasteiger partial charge in [-0.05, 0) is 42.8 Å². The van der Waals surface area contributed by atoms with Crippen LogP contribution < -0.4 is 5.32 Å². The maximum atomic E-state index is 12.1. The number of allylic oxidation sites excluding steroid dienone is 1. The van der Waals surface area contributed by atoms with Crippen molar-refractivity contribution >= 4 is 27.9 Å². The Morgan fingerprint density at radius 3 is 2.62 bits per heavy atom. The summed E-state index contributed by atoms with van der Waals surface area (Å²) >= 11 is 3.37. The number of benzene rings is 2. The smallest absolute Gasteiger partial charge is 0.251 e. The van der Waals surface area contributed by atoms with E-state index in [4.69, 9.17) is 0 Å². The molecule has 2 rings (SSSR count). The number of rotatable bonds is 4. The highest BCUT2D eigenvalue weighted by Crippen LogP contribution is 2.20. The van der Waals surface area contributed by atoms with Crippen LogP contribution in [0, 0.1) is 0 Å². The minimum absolute atomic E-state index is 0.163. The number of hydrogen-bond donors (Lipinski definition) is 2. The first-order chi connectivity index (χ1) is 10.1. The molecule has 2 aromatic rings. The number of phenolic OH excluding ortho intramolecular Hbond substituents is 1. The summed E-state index contributed by atoms with van der Waals surface area (Å²) in [7, 11) is 0. The van der Waals surface area contributed by atoms with Crippen LogP contribution >= 0.6 is 15.9 Å². The molecule has 3 nitrogen and oxygen atoms in total. The maximum Gasteiger partial charge on any atom is 0.251 e. The summed E-state index contributed by atoms with van der Waals surface area (Å²) in [6, 6.07) is 12.6. The van der Waals surface area contributed by atoms with Gasteiger partial charge in [-0.25, -0.2) is 0 Å². The maximum absolute atomic E-state index is 12.1. The molecule has 21 heavy (non-hydrogen) atoms. The number of hydrogen-bond acceptors (Lipinski definition) is 2. The Kier molecular flexibility index (Phi) is 5.17. The van der Waals surface area contributed by atoms with E-state index in [1.165, 1.54) is 6.07 Å². The van der Waals surface area contributed by atoms with E-state index >= 15 is 0 Å². The van der Waals surface area contributed by atoms with Gasteiger partial charge in [0.25, 0.3) is 5.91 Å². The van der Waals surface area contributed by atoms with Gasteiger partial charge in [0.1, 0.15) is 5.75 Å². The molecule has 0 aromatic heterocycles. The molecule has 0 saturated carbocycles. The molecule has 0 saturated heterocycles. The predicted molar refractivity (Wildman–Crippen MR) is 88.1 cm³/mol. The Morgan fingerprint density at radius 2 is 1.95 bits per heavy atom. The molecule has 0 radical (unpaired) electrons. The summed E-state index contributed by atoms with van der Waals surface area (Å²) in [6.45, 7) is 2.33. The molecule has 4 heteroatoms. The second-order valence-electron chi connectivity index (χ2n) is 4.58. The summed E-state index contributed by atoms with van der Waals surface area (Å²) in [5, 5.41) is 12.6. The second-order valence-corrected chi connectivity index (χ2v) is 5.50. The van der Waals surface area contributed by atoms with E-state index < -0.39 is 0 Å². The highest BCUT2D eigenvalue weighted by Gasteiger charge is 2.08. The molecular formula is C17H16BrNO2. The third kappa shape index (κ3) is 4.20. The van der Waals surface area contributed by atoms with Crippen LogP contribution in [0.3, 0.4) is 0 Å². The molecule has 0 atom stereocenters. The number of halogens is 1. The van der Waals surface area contributed by atoms with Gasteiger partial charge in [-0.3, -0.25) is 4.79 Å². The van der Waals surface area contributed by atoms with Crippen LogP contribution in [0.1, 0.15) is 28.4 Å². The van der Waals surface area contributed by atoms with Crippen LogP contribution in [0.5, 0.6) is 5.75 Å². The Labute approximate surface area is 132 Å².